The summed E-state index contributed by atoms with van der Waals surface area (Å²) in [7, 11) is 1.66. The molecule has 28 heavy (non-hydrogen) atoms. The monoisotopic (exact) mass is 379 g/mol. The molecule has 3 rings (SSSR count). The molecule has 1 aliphatic rings. The van der Waals surface area contributed by atoms with E-state index in [-0.39, 0.29) is 5.91 Å². The molecule has 1 aromatic heterocycles. The molecule has 1 heterocycles. The lowest BCUT2D eigenvalue weighted by molar-refractivity contribution is 0.0953. The molecule has 2 N–H and O–H groups in total. The first-order valence-corrected chi connectivity index (χ1v) is 10.0. The number of amides is 1. The largest absolute Gasteiger partial charge is 0.496 e. The summed E-state index contributed by atoms with van der Waals surface area (Å²) in [5, 5.41) is 6.35. The fraction of sp³-hybridized carbons (Fsp3) is 0.391. The van der Waals surface area contributed by atoms with E-state index in [0.29, 0.717) is 12.1 Å². The smallest absolute Gasteiger partial charge is 0.252 e. The lowest BCUT2D eigenvalue weighted by atomic mass is 9.97. The van der Waals surface area contributed by atoms with Crippen molar-refractivity contribution in [2.45, 2.75) is 38.5 Å². The number of nitrogens with one attached hydrogen (secondary N) is 2. The van der Waals surface area contributed by atoms with Crippen LogP contribution in [-0.4, -0.2) is 31.1 Å². The summed E-state index contributed by atoms with van der Waals surface area (Å²) >= 11 is 0. The second kappa shape index (κ2) is 10.5. The van der Waals surface area contributed by atoms with Gasteiger partial charge in [-0.25, -0.2) is 0 Å². The summed E-state index contributed by atoms with van der Waals surface area (Å²) in [6.07, 6.45) is 12.6. The van der Waals surface area contributed by atoms with Crippen LogP contribution in [0.3, 0.4) is 0 Å². The zero-order valence-electron chi connectivity index (χ0n) is 16.5. The first-order valence-electron chi connectivity index (χ1n) is 10.0. The average molecular weight is 380 g/mol. The number of benzene rings is 1. The third kappa shape index (κ3) is 5.84. The molecule has 148 valence electrons. The minimum Gasteiger partial charge on any atom is -0.496 e. The van der Waals surface area contributed by atoms with E-state index in [9.17, 15) is 4.79 Å². The van der Waals surface area contributed by atoms with Gasteiger partial charge in [0.1, 0.15) is 5.75 Å². The Hall–Kier alpha value is -2.82. The molecule has 0 spiro atoms. The number of methoxy groups -OCH3 is 1. The lowest BCUT2D eigenvalue weighted by Gasteiger charge is -2.13. The molecular weight excluding hydrogens is 350 g/mol. The van der Waals surface area contributed by atoms with E-state index in [2.05, 4.69) is 21.7 Å². The van der Waals surface area contributed by atoms with Crippen LogP contribution in [0.15, 0.2) is 54.4 Å². The van der Waals surface area contributed by atoms with Crippen molar-refractivity contribution < 1.29 is 9.53 Å². The highest BCUT2D eigenvalue weighted by atomic mass is 16.5. The van der Waals surface area contributed by atoms with Crippen molar-refractivity contribution in [1.82, 2.24) is 10.3 Å². The topological polar surface area (TPSA) is 63.2 Å². The molecule has 1 amide bonds. The van der Waals surface area contributed by atoms with Gasteiger partial charge in [0.15, 0.2) is 0 Å². The Bertz CT molecular complexity index is 817. The summed E-state index contributed by atoms with van der Waals surface area (Å²) in [6, 6.07) is 9.72. The Morgan fingerprint density at radius 3 is 2.86 bits per heavy atom. The normalized spacial score (nSPS) is 13.5. The molecule has 0 saturated heterocycles. The maximum absolute atomic E-state index is 12.4. The second-order valence-corrected chi connectivity index (χ2v) is 7.06. The zero-order valence-corrected chi connectivity index (χ0v) is 16.5. The molecule has 2 aromatic rings. The van der Waals surface area contributed by atoms with Crippen LogP contribution < -0.4 is 15.4 Å². The van der Waals surface area contributed by atoms with Crippen molar-refractivity contribution >= 4 is 11.6 Å². The number of hydrogen-bond acceptors (Lipinski definition) is 4. The zero-order chi connectivity index (χ0) is 19.6. The first-order chi connectivity index (χ1) is 13.8. The molecule has 1 aliphatic carbocycles. The maximum Gasteiger partial charge on any atom is 0.252 e. The molecule has 0 fully saturated rings. The molecule has 0 unspecified atom stereocenters. The third-order valence-corrected chi connectivity index (χ3v) is 5.03. The Morgan fingerprint density at radius 1 is 1.14 bits per heavy atom. The van der Waals surface area contributed by atoms with Crippen molar-refractivity contribution in [3.8, 4) is 5.75 Å². The molecule has 0 aliphatic heterocycles. The number of carbonyl (C=O) groups excluding carboxylic acids is 1. The summed E-state index contributed by atoms with van der Waals surface area (Å²) in [4.78, 5) is 16.7. The number of anilines is 1. The Balaban J connectivity index is 1.47. The van der Waals surface area contributed by atoms with Crippen LogP contribution in [0, 0.1) is 0 Å². The number of pyridine rings is 1. The predicted molar refractivity (Wildman–Crippen MR) is 113 cm³/mol. The minimum atomic E-state index is -0.110. The molecule has 0 atom stereocenters. The fourth-order valence-electron chi connectivity index (χ4n) is 3.48. The van der Waals surface area contributed by atoms with Gasteiger partial charge in [-0.3, -0.25) is 9.78 Å². The molecular formula is C23H29N3O2. The minimum absolute atomic E-state index is 0.110. The van der Waals surface area contributed by atoms with Gasteiger partial charge < -0.3 is 15.4 Å². The fourth-order valence-corrected chi connectivity index (χ4v) is 3.48. The highest BCUT2D eigenvalue weighted by molar-refractivity contribution is 5.94. The summed E-state index contributed by atoms with van der Waals surface area (Å²) in [6.45, 7) is 1.41. The van der Waals surface area contributed by atoms with Gasteiger partial charge in [0, 0.05) is 25.5 Å². The van der Waals surface area contributed by atoms with Crippen LogP contribution >= 0.6 is 0 Å². The van der Waals surface area contributed by atoms with E-state index in [1.165, 1.54) is 31.3 Å². The van der Waals surface area contributed by atoms with Gasteiger partial charge in [0.25, 0.3) is 5.91 Å². The number of hydrogen-bond donors (Lipinski definition) is 2. The van der Waals surface area contributed by atoms with E-state index in [1.54, 1.807) is 19.5 Å². The molecule has 5 heteroatoms. The molecule has 5 nitrogen and oxygen atoms in total. The van der Waals surface area contributed by atoms with Gasteiger partial charge in [-0.1, -0.05) is 29.8 Å². The van der Waals surface area contributed by atoms with Crippen molar-refractivity contribution in [3.63, 3.8) is 0 Å². The third-order valence-electron chi connectivity index (χ3n) is 5.03. The number of nitrogens with zero attached hydrogens (tertiary/aromatic N) is 1. The average Bonchev–Trinajstić information content (AvgIpc) is 2.75. The van der Waals surface area contributed by atoms with E-state index < -0.39 is 0 Å². The van der Waals surface area contributed by atoms with Gasteiger partial charge in [0.05, 0.1) is 18.4 Å². The summed E-state index contributed by atoms with van der Waals surface area (Å²) < 4.78 is 5.35. The number of rotatable bonds is 9. The highest BCUT2D eigenvalue weighted by Crippen LogP contribution is 2.20. The van der Waals surface area contributed by atoms with E-state index >= 15 is 0 Å². The lowest BCUT2D eigenvalue weighted by Crippen LogP contribution is -2.26. The van der Waals surface area contributed by atoms with E-state index in [0.717, 1.165) is 36.4 Å². The van der Waals surface area contributed by atoms with Crippen molar-refractivity contribution in [2.75, 3.05) is 25.5 Å². The number of ether oxygens (including phenoxy) is 1. The standard InChI is InChI=1S/C23H29N3O2/c1-28-22-10-6-5-9-19(22)12-14-26-23(27)20-15-21(17-24-16-20)25-13-11-18-7-3-2-4-8-18/h5-7,9-10,15-17,25H,2-4,8,11-14H2,1H3,(H,26,27). The SMILES string of the molecule is COc1ccccc1CCNC(=O)c1cncc(NCCC2=CCCCC2)c1. The van der Waals surface area contributed by atoms with E-state index in [4.69, 9.17) is 4.74 Å². The molecule has 1 aromatic carbocycles. The number of allylic oxidation sites excluding steroid dienone is 1. The van der Waals surface area contributed by atoms with Gasteiger partial charge in [0.2, 0.25) is 0 Å². The van der Waals surface area contributed by atoms with Crippen LogP contribution in [0.5, 0.6) is 5.75 Å². The first kappa shape index (κ1) is 19.9. The maximum atomic E-state index is 12.4. The van der Waals surface area contributed by atoms with Crippen LogP contribution in [0.2, 0.25) is 0 Å². The highest BCUT2D eigenvalue weighted by Gasteiger charge is 2.08. The van der Waals surface area contributed by atoms with E-state index in [1.807, 2.05) is 30.3 Å². The van der Waals surface area contributed by atoms with Crippen molar-refractivity contribution in [3.05, 3.63) is 65.5 Å². The molecule has 0 saturated carbocycles. The summed E-state index contributed by atoms with van der Waals surface area (Å²) in [5.41, 5.74) is 4.07. The molecule has 0 radical (unpaired) electrons. The summed E-state index contributed by atoms with van der Waals surface area (Å²) in [5.74, 6) is 0.735. The Kier molecular flexibility index (Phi) is 7.47. The van der Waals surface area contributed by atoms with Gasteiger partial charge in [-0.15, -0.1) is 0 Å². The van der Waals surface area contributed by atoms with Crippen LogP contribution in [0.4, 0.5) is 5.69 Å². The van der Waals surface area contributed by atoms with Crippen LogP contribution in [-0.2, 0) is 6.42 Å². The number of para-hydroxylation sites is 1. The van der Waals surface area contributed by atoms with Crippen LogP contribution in [0.25, 0.3) is 0 Å². The van der Waals surface area contributed by atoms with Crippen molar-refractivity contribution in [2.24, 2.45) is 0 Å². The van der Waals surface area contributed by atoms with Gasteiger partial charge >= 0.3 is 0 Å². The van der Waals surface area contributed by atoms with Gasteiger partial charge in [-0.05, 0) is 56.2 Å². The Morgan fingerprint density at radius 2 is 2.04 bits per heavy atom. The quantitative estimate of drug-likeness (QED) is 0.635. The van der Waals surface area contributed by atoms with Crippen LogP contribution in [0.1, 0.15) is 48.0 Å². The number of carbonyl (C=O) groups is 1. The predicted octanol–water partition coefficient (Wildman–Crippen LogP) is 4.37. The second-order valence-electron chi connectivity index (χ2n) is 7.06. The van der Waals surface area contributed by atoms with Crippen molar-refractivity contribution in [1.29, 1.82) is 0 Å². The molecule has 0 bridgehead atoms. The van der Waals surface area contributed by atoms with Gasteiger partial charge in [-0.2, -0.15) is 0 Å². The Labute approximate surface area is 167 Å². The number of aromatic nitrogens is 1.